The summed E-state index contributed by atoms with van der Waals surface area (Å²) in [5, 5.41) is 14.5. The van der Waals surface area contributed by atoms with Crippen LogP contribution in [0.4, 0.5) is 19.0 Å². The zero-order chi connectivity index (χ0) is 41.2. The van der Waals surface area contributed by atoms with Crippen LogP contribution in [0, 0.1) is 22.5 Å². The first-order chi connectivity index (χ1) is 27.9. The molecule has 2 aliphatic heterocycles. The van der Waals surface area contributed by atoms with Crippen LogP contribution in [0.25, 0.3) is 42.9 Å². The van der Waals surface area contributed by atoms with Crippen molar-refractivity contribution in [3.8, 4) is 34.0 Å². The number of rotatable bonds is 11. The number of amides is 2. The summed E-state index contributed by atoms with van der Waals surface area (Å²) in [6.07, 6.45) is 5.51. The molecule has 2 saturated heterocycles. The van der Waals surface area contributed by atoms with E-state index >= 15 is 0 Å². The molecule has 18 nitrogen and oxygen atoms in total. The second-order valence-corrected chi connectivity index (χ2v) is 15.9. The Hall–Kier alpha value is -6.09. The Morgan fingerprint density at radius 1 is 0.793 bits per heavy atom. The van der Waals surface area contributed by atoms with Crippen molar-refractivity contribution >= 4 is 54.7 Å². The number of piperidine rings is 2. The number of ether oxygens (including phenoxy) is 2. The smallest absolute Gasteiger partial charge is 0.225 e. The summed E-state index contributed by atoms with van der Waals surface area (Å²) in [7, 11) is 2.98. The van der Waals surface area contributed by atoms with Gasteiger partial charge in [0.05, 0.1) is 48.8 Å². The number of azide groups is 1. The van der Waals surface area contributed by atoms with Gasteiger partial charge in [-0.3, -0.25) is 9.59 Å². The molecule has 0 saturated carbocycles. The van der Waals surface area contributed by atoms with Gasteiger partial charge >= 0.3 is 0 Å². The van der Waals surface area contributed by atoms with Gasteiger partial charge in [-0.15, -0.1) is 10.2 Å². The molecule has 2 amide bonds. The number of hydrogen-bond donors (Lipinski definition) is 3. The van der Waals surface area contributed by atoms with E-state index in [0.717, 1.165) is 20.9 Å². The first-order valence-electron chi connectivity index (χ1n) is 18.1. The summed E-state index contributed by atoms with van der Waals surface area (Å²) in [6.45, 7) is 2.71. The van der Waals surface area contributed by atoms with Crippen LogP contribution in [0.5, 0.6) is 11.5 Å². The minimum absolute atomic E-state index is 0.0579. The Morgan fingerprint density at radius 3 is 1.60 bits per heavy atom. The molecule has 0 bridgehead atoms. The minimum atomic E-state index is -0.827. The van der Waals surface area contributed by atoms with Gasteiger partial charge in [0.1, 0.15) is 23.1 Å². The van der Waals surface area contributed by atoms with Gasteiger partial charge in [-0.2, -0.15) is 0 Å². The number of methoxy groups -OCH3 is 2. The molecular weight excluding hydrogens is 795 g/mol. The Morgan fingerprint density at radius 2 is 1.22 bits per heavy atom. The fourth-order valence-corrected chi connectivity index (χ4v) is 9.05. The van der Waals surface area contributed by atoms with E-state index in [1.165, 1.54) is 61.2 Å². The highest BCUT2D eigenvalue weighted by Gasteiger charge is 2.41. The van der Waals surface area contributed by atoms with E-state index in [4.69, 9.17) is 37.3 Å². The number of nitrogens with zero attached hydrogens (tertiary/aromatic N) is 11. The van der Waals surface area contributed by atoms with Crippen LogP contribution in [-0.2, 0) is 9.59 Å². The van der Waals surface area contributed by atoms with E-state index in [1.807, 2.05) is 0 Å². The summed E-state index contributed by atoms with van der Waals surface area (Å²) in [5.41, 5.74) is 26.9. The Balaban J connectivity index is 0.000000177. The van der Waals surface area contributed by atoms with Crippen molar-refractivity contribution in [2.75, 3.05) is 63.3 Å². The molecule has 0 atom stereocenters. The molecule has 22 heteroatoms. The molecule has 6 N–H and O–H groups in total. The molecule has 0 radical (unpaired) electrons. The van der Waals surface area contributed by atoms with Crippen molar-refractivity contribution in [2.24, 2.45) is 33.1 Å². The third kappa shape index (κ3) is 7.53. The van der Waals surface area contributed by atoms with Crippen LogP contribution < -0.4 is 36.5 Å². The first kappa shape index (κ1) is 40.1. The van der Waals surface area contributed by atoms with E-state index in [-0.39, 0.29) is 30.6 Å². The SMILES string of the molecule is COc1cc(F)ccc1-c1cnc2sc(N3CCC(CN)(C(N)=O)CC3)nn12.COc1cc(F)ccc1-c1cnc2sc(N3CCC(CN=[N+]=[N-])(C(N)=O)CC3)nn12. The van der Waals surface area contributed by atoms with Crippen molar-refractivity contribution in [1.29, 1.82) is 0 Å². The molecule has 4 aromatic heterocycles. The van der Waals surface area contributed by atoms with Crippen molar-refractivity contribution in [1.82, 2.24) is 29.2 Å². The summed E-state index contributed by atoms with van der Waals surface area (Å²) >= 11 is 2.87. The standard InChI is InChI=1S/C18H19FN8O2S.C18H21FN6O2S/c1-29-14-8-11(19)2-3-12(14)13-9-22-16-27(13)24-17(30-16)26-6-4-18(5-7-26,15(20)28)10-23-25-21;1-27-14-8-11(19)2-3-12(14)13-9-22-16-25(13)23-17(28-16)24-6-4-18(10-20,5-7-24)15(21)26/h2-3,8-9H,4-7,10H2,1H3,(H2,20,28);2-3,8-9H,4-7,10,20H2,1H3,(H2,21,26). The molecule has 2 aliphatic rings. The van der Waals surface area contributed by atoms with E-state index in [9.17, 15) is 18.4 Å². The van der Waals surface area contributed by atoms with Gasteiger partial charge in [0.2, 0.25) is 32.0 Å². The predicted molar refractivity (Wildman–Crippen MR) is 215 cm³/mol. The van der Waals surface area contributed by atoms with E-state index in [2.05, 4.69) is 34.9 Å². The molecule has 58 heavy (non-hydrogen) atoms. The lowest BCUT2D eigenvalue weighted by molar-refractivity contribution is -0.129. The monoisotopic (exact) mass is 834 g/mol. The second-order valence-electron chi connectivity index (χ2n) is 14.0. The van der Waals surface area contributed by atoms with E-state index in [0.29, 0.717) is 85.1 Å². The van der Waals surface area contributed by atoms with Gasteiger partial charge < -0.3 is 36.5 Å². The molecular formula is C36H40F2N14O4S2. The average molecular weight is 835 g/mol. The van der Waals surface area contributed by atoms with Crippen LogP contribution in [0.2, 0.25) is 0 Å². The summed E-state index contributed by atoms with van der Waals surface area (Å²) in [4.78, 5) is 41.0. The number of carbonyl (C=O) groups excluding carboxylic acids is 2. The van der Waals surface area contributed by atoms with Gasteiger partial charge in [-0.1, -0.05) is 27.8 Å². The number of hydrogen-bond acceptors (Lipinski definition) is 14. The van der Waals surface area contributed by atoms with Gasteiger partial charge in [0.15, 0.2) is 0 Å². The van der Waals surface area contributed by atoms with E-state index in [1.54, 1.807) is 33.6 Å². The maximum absolute atomic E-state index is 13.6. The zero-order valence-corrected chi connectivity index (χ0v) is 33.2. The largest absolute Gasteiger partial charge is 0.496 e. The lowest BCUT2D eigenvalue weighted by Crippen LogP contribution is -2.51. The number of benzene rings is 2. The maximum atomic E-state index is 13.6. The lowest BCUT2D eigenvalue weighted by atomic mass is 9.78. The number of aromatic nitrogens is 6. The van der Waals surface area contributed by atoms with Gasteiger partial charge in [0.25, 0.3) is 0 Å². The summed E-state index contributed by atoms with van der Waals surface area (Å²) in [5.74, 6) is -0.727. The van der Waals surface area contributed by atoms with Gasteiger partial charge in [-0.25, -0.2) is 27.8 Å². The first-order valence-corrected chi connectivity index (χ1v) is 19.8. The number of primary amides is 2. The number of nitrogens with two attached hydrogens (primary N) is 3. The Labute approximate surface area is 337 Å². The third-order valence-electron chi connectivity index (χ3n) is 10.9. The number of carbonyl (C=O) groups is 2. The average Bonchev–Trinajstić information content (AvgIpc) is 4.03. The Kier molecular flexibility index (Phi) is 11.4. The van der Waals surface area contributed by atoms with Crippen LogP contribution >= 0.6 is 22.7 Å². The van der Waals surface area contributed by atoms with Crippen LogP contribution in [0.1, 0.15) is 25.7 Å². The lowest BCUT2D eigenvalue weighted by Gasteiger charge is -2.38. The van der Waals surface area contributed by atoms with Crippen molar-refractivity contribution in [3.05, 3.63) is 70.9 Å². The second kappa shape index (κ2) is 16.4. The molecule has 8 rings (SSSR count). The quantitative estimate of drug-likeness (QED) is 0.0923. The molecule has 2 aromatic carbocycles. The molecule has 0 aliphatic carbocycles. The summed E-state index contributed by atoms with van der Waals surface area (Å²) in [6, 6.07) is 8.69. The summed E-state index contributed by atoms with van der Waals surface area (Å²) < 4.78 is 41.1. The zero-order valence-electron chi connectivity index (χ0n) is 31.5. The topological polar surface area (TPSA) is 246 Å². The number of imidazole rings is 2. The third-order valence-corrected chi connectivity index (χ3v) is 12.9. The number of anilines is 2. The van der Waals surface area contributed by atoms with Crippen molar-refractivity contribution in [3.63, 3.8) is 0 Å². The predicted octanol–water partition coefficient (Wildman–Crippen LogP) is 4.62. The number of halogens is 2. The molecule has 0 unspecified atom stereocenters. The molecule has 6 aromatic rings. The van der Waals surface area contributed by atoms with Crippen LogP contribution in [0.15, 0.2) is 53.9 Å². The highest BCUT2D eigenvalue weighted by atomic mass is 32.1. The van der Waals surface area contributed by atoms with Crippen molar-refractivity contribution < 1.29 is 27.8 Å². The molecule has 2 fully saturated rings. The fourth-order valence-electron chi connectivity index (χ4n) is 7.19. The molecule has 0 spiro atoms. The van der Waals surface area contributed by atoms with Gasteiger partial charge in [-0.05, 0) is 55.5 Å². The van der Waals surface area contributed by atoms with Crippen LogP contribution in [0.3, 0.4) is 0 Å². The highest BCUT2D eigenvalue weighted by molar-refractivity contribution is 7.20. The fraction of sp³-hybridized carbons (Fsp3) is 0.389. The van der Waals surface area contributed by atoms with Gasteiger partial charge in [0, 0.05) is 67.4 Å². The normalized spacial score (nSPS) is 16.1. The van der Waals surface area contributed by atoms with E-state index < -0.39 is 16.7 Å². The molecule has 304 valence electrons. The van der Waals surface area contributed by atoms with Crippen LogP contribution in [-0.4, -0.2) is 94.5 Å². The maximum Gasteiger partial charge on any atom is 0.225 e. The minimum Gasteiger partial charge on any atom is -0.496 e. The van der Waals surface area contributed by atoms with Crippen molar-refractivity contribution in [2.45, 2.75) is 25.7 Å². The highest BCUT2D eigenvalue weighted by Crippen LogP contribution is 2.39. The molecule has 6 heterocycles. The Bertz CT molecular complexity index is 2510. The number of fused-ring (bicyclic) bond motifs is 2.